The van der Waals surface area contributed by atoms with E-state index in [2.05, 4.69) is 4.98 Å². The summed E-state index contributed by atoms with van der Waals surface area (Å²) < 4.78 is 18.7. The fraction of sp³-hybridized carbons (Fsp3) is 0.125. The van der Waals surface area contributed by atoms with Crippen molar-refractivity contribution in [3.8, 4) is 5.75 Å². The van der Waals surface area contributed by atoms with Crippen LogP contribution in [0, 0.1) is 5.82 Å². The van der Waals surface area contributed by atoms with E-state index in [4.69, 9.17) is 4.74 Å². The minimum atomic E-state index is -0.872. The van der Waals surface area contributed by atoms with E-state index in [1.165, 1.54) is 36.3 Å². The monoisotopic (exact) mass is 418 g/mol. The lowest BCUT2D eigenvalue weighted by Crippen LogP contribution is -2.29. The van der Waals surface area contributed by atoms with E-state index in [-0.39, 0.29) is 17.9 Å². The van der Waals surface area contributed by atoms with Crippen LogP contribution in [-0.2, 0) is 16.1 Å². The van der Waals surface area contributed by atoms with Gasteiger partial charge in [-0.25, -0.2) is 4.39 Å². The number of nitrogens with zero attached hydrogens (tertiary/aromatic N) is 2. The maximum Gasteiger partial charge on any atom is 0.295 e. The second-order valence-electron chi connectivity index (χ2n) is 7.07. The molecule has 2 aromatic carbocycles. The highest BCUT2D eigenvalue weighted by Crippen LogP contribution is 2.40. The topological polar surface area (TPSA) is 79.7 Å². The van der Waals surface area contributed by atoms with Gasteiger partial charge in [0.25, 0.3) is 11.7 Å². The van der Waals surface area contributed by atoms with Crippen molar-refractivity contribution >= 4 is 17.4 Å². The van der Waals surface area contributed by atoms with Crippen molar-refractivity contribution in [2.24, 2.45) is 0 Å². The summed E-state index contributed by atoms with van der Waals surface area (Å²) >= 11 is 0. The molecule has 0 bridgehead atoms. The SMILES string of the molecule is COc1ccc(/C(O)=C2/C(=O)C(=O)N(Cc3cccnc3)C2c2ccc(F)cc2)cc1. The van der Waals surface area contributed by atoms with Crippen LogP contribution in [0.5, 0.6) is 5.75 Å². The zero-order chi connectivity index (χ0) is 22.0. The third-order valence-corrected chi connectivity index (χ3v) is 5.16. The predicted molar refractivity (Wildman–Crippen MR) is 111 cm³/mol. The molecule has 7 heteroatoms. The van der Waals surface area contributed by atoms with Crippen LogP contribution in [0.1, 0.15) is 22.7 Å². The van der Waals surface area contributed by atoms with E-state index >= 15 is 0 Å². The van der Waals surface area contributed by atoms with Crippen molar-refractivity contribution in [1.29, 1.82) is 0 Å². The molecule has 3 aromatic rings. The molecule has 1 unspecified atom stereocenters. The molecular formula is C24H19FN2O4. The molecule has 4 rings (SSSR count). The van der Waals surface area contributed by atoms with E-state index in [1.807, 2.05) is 0 Å². The number of hydrogen-bond acceptors (Lipinski definition) is 5. The number of aliphatic hydroxyl groups excluding tert-OH is 1. The van der Waals surface area contributed by atoms with Gasteiger partial charge in [0.15, 0.2) is 0 Å². The van der Waals surface area contributed by atoms with Crippen molar-refractivity contribution < 1.29 is 23.8 Å². The number of halogens is 1. The molecule has 1 aliphatic heterocycles. The summed E-state index contributed by atoms with van der Waals surface area (Å²) in [6.07, 6.45) is 3.21. The smallest absolute Gasteiger partial charge is 0.295 e. The van der Waals surface area contributed by atoms with Crippen LogP contribution < -0.4 is 4.74 Å². The van der Waals surface area contributed by atoms with Gasteiger partial charge in [0.2, 0.25) is 0 Å². The fourth-order valence-electron chi connectivity index (χ4n) is 3.63. The van der Waals surface area contributed by atoms with Crippen LogP contribution in [-0.4, -0.2) is 33.8 Å². The first-order valence-corrected chi connectivity index (χ1v) is 9.57. The number of ether oxygens (including phenoxy) is 1. The summed E-state index contributed by atoms with van der Waals surface area (Å²) in [4.78, 5) is 31.3. The van der Waals surface area contributed by atoms with E-state index in [0.29, 0.717) is 16.9 Å². The molecule has 156 valence electrons. The minimum Gasteiger partial charge on any atom is -0.507 e. The molecule has 2 heterocycles. The molecule has 1 N–H and O–H groups in total. The predicted octanol–water partition coefficient (Wildman–Crippen LogP) is 3.85. The average molecular weight is 418 g/mol. The number of hydrogen-bond donors (Lipinski definition) is 1. The molecule has 1 aliphatic rings. The average Bonchev–Trinajstić information content (AvgIpc) is 3.05. The molecule has 0 radical (unpaired) electrons. The highest BCUT2D eigenvalue weighted by molar-refractivity contribution is 6.46. The molecule has 6 nitrogen and oxygen atoms in total. The van der Waals surface area contributed by atoms with Gasteiger partial charge in [-0.05, 0) is 53.6 Å². The van der Waals surface area contributed by atoms with Crippen molar-refractivity contribution in [1.82, 2.24) is 9.88 Å². The lowest BCUT2D eigenvalue weighted by atomic mass is 9.95. The number of rotatable bonds is 5. The van der Waals surface area contributed by atoms with E-state index < -0.39 is 23.5 Å². The minimum absolute atomic E-state index is 0.0503. The molecule has 1 fully saturated rings. The van der Waals surface area contributed by atoms with Crippen LogP contribution in [0.3, 0.4) is 0 Å². The van der Waals surface area contributed by atoms with Gasteiger partial charge in [0.1, 0.15) is 17.3 Å². The van der Waals surface area contributed by atoms with Gasteiger partial charge < -0.3 is 14.7 Å². The first-order valence-electron chi connectivity index (χ1n) is 9.57. The summed E-state index contributed by atoms with van der Waals surface area (Å²) in [5.74, 6) is -1.70. The maximum atomic E-state index is 13.5. The Bertz CT molecular complexity index is 1140. The molecule has 1 aromatic heterocycles. The Hall–Kier alpha value is -4.00. The quantitative estimate of drug-likeness (QED) is 0.387. The number of aliphatic hydroxyl groups is 1. The molecule has 0 aliphatic carbocycles. The van der Waals surface area contributed by atoms with Crippen molar-refractivity contribution in [3.05, 3.63) is 101 Å². The Morgan fingerprint density at radius 2 is 1.81 bits per heavy atom. The molecule has 1 atom stereocenters. The normalized spacial score (nSPS) is 17.7. The second-order valence-corrected chi connectivity index (χ2v) is 7.07. The van der Waals surface area contributed by atoms with Crippen molar-refractivity contribution in [3.63, 3.8) is 0 Å². The number of carbonyl (C=O) groups is 2. The molecule has 31 heavy (non-hydrogen) atoms. The first kappa shape index (κ1) is 20.3. The number of aromatic nitrogens is 1. The number of benzene rings is 2. The number of methoxy groups -OCH3 is 1. The number of carbonyl (C=O) groups excluding carboxylic acids is 2. The number of pyridine rings is 1. The lowest BCUT2D eigenvalue weighted by Gasteiger charge is -2.25. The molecule has 0 spiro atoms. The van der Waals surface area contributed by atoms with Gasteiger partial charge in [-0.2, -0.15) is 0 Å². The van der Waals surface area contributed by atoms with Gasteiger partial charge in [-0.15, -0.1) is 0 Å². The Morgan fingerprint density at radius 3 is 2.42 bits per heavy atom. The largest absolute Gasteiger partial charge is 0.507 e. The van der Waals surface area contributed by atoms with Gasteiger partial charge in [0, 0.05) is 24.5 Å². The number of amides is 1. The summed E-state index contributed by atoms with van der Waals surface area (Å²) in [5.41, 5.74) is 1.55. The molecule has 1 amide bonds. The van der Waals surface area contributed by atoms with Gasteiger partial charge in [-0.1, -0.05) is 18.2 Å². The van der Waals surface area contributed by atoms with Gasteiger partial charge >= 0.3 is 0 Å². The highest BCUT2D eigenvalue weighted by atomic mass is 19.1. The Balaban J connectivity index is 1.84. The molecule has 1 saturated heterocycles. The fourth-order valence-corrected chi connectivity index (χ4v) is 3.63. The maximum absolute atomic E-state index is 13.5. The highest BCUT2D eigenvalue weighted by Gasteiger charge is 2.46. The van der Waals surface area contributed by atoms with E-state index in [9.17, 15) is 19.1 Å². The second kappa shape index (κ2) is 8.39. The molecule has 0 saturated carbocycles. The third kappa shape index (κ3) is 3.90. The summed E-state index contributed by atoms with van der Waals surface area (Å²) in [6.45, 7) is 0.111. The zero-order valence-electron chi connectivity index (χ0n) is 16.7. The summed E-state index contributed by atoms with van der Waals surface area (Å²) in [6, 6.07) is 14.7. The first-order chi connectivity index (χ1) is 15.0. The van der Waals surface area contributed by atoms with Crippen LogP contribution >= 0.6 is 0 Å². The van der Waals surface area contributed by atoms with Crippen LogP contribution in [0.4, 0.5) is 4.39 Å². The molecular weight excluding hydrogens is 399 g/mol. The van der Waals surface area contributed by atoms with Crippen LogP contribution in [0.25, 0.3) is 5.76 Å². The van der Waals surface area contributed by atoms with Gasteiger partial charge in [-0.3, -0.25) is 14.6 Å². The number of likely N-dealkylation sites (tertiary alicyclic amines) is 1. The van der Waals surface area contributed by atoms with Crippen LogP contribution in [0.2, 0.25) is 0 Å². The van der Waals surface area contributed by atoms with E-state index in [1.54, 1.807) is 48.8 Å². The van der Waals surface area contributed by atoms with Crippen molar-refractivity contribution in [2.45, 2.75) is 12.6 Å². The summed E-state index contributed by atoms with van der Waals surface area (Å²) in [7, 11) is 1.52. The van der Waals surface area contributed by atoms with Crippen LogP contribution in [0.15, 0.2) is 78.6 Å². The third-order valence-electron chi connectivity index (χ3n) is 5.16. The van der Waals surface area contributed by atoms with Gasteiger partial charge in [0.05, 0.1) is 18.7 Å². The summed E-state index contributed by atoms with van der Waals surface area (Å²) in [5, 5.41) is 11.0. The zero-order valence-corrected chi connectivity index (χ0v) is 16.7. The number of ketones is 1. The number of Topliss-reactive ketones (excluding diaryl/α,β-unsaturated/α-hetero) is 1. The Labute approximate surface area is 178 Å². The van der Waals surface area contributed by atoms with E-state index in [0.717, 1.165) is 5.56 Å². The Morgan fingerprint density at radius 1 is 1.10 bits per heavy atom. The lowest BCUT2D eigenvalue weighted by molar-refractivity contribution is -0.140. The Kier molecular flexibility index (Phi) is 5.49. The standard InChI is InChI=1S/C24H19FN2O4/c1-31-19-10-6-17(7-11-19)22(28)20-21(16-4-8-18(25)9-5-16)27(24(30)23(20)29)14-15-3-2-12-26-13-15/h2-13,21,28H,14H2,1H3/b22-20-. The van der Waals surface area contributed by atoms with Crippen molar-refractivity contribution in [2.75, 3.05) is 7.11 Å².